The molecule has 0 saturated carbocycles. The fraction of sp³-hybridized carbons (Fsp3) is 0.294. The second-order valence-electron chi connectivity index (χ2n) is 4.74. The number of rotatable bonds is 4. The Kier molecular flexibility index (Phi) is 6.86. The fourth-order valence-corrected chi connectivity index (χ4v) is 1.96. The van der Waals surface area contributed by atoms with Crippen LogP contribution in [0.2, 0.25) is 0 Å². The van der Waals surface area contributed by atoms with E-state index in [0.717, 1.165) is 12.2 Å². The Morgan fingerprint density at radius 2 is 1.12 bits per heavy atom. The van der Waals surface area contributed by atoms with Gasteiger partial charge >= 0.3 is 0 Å². The Morgan fingerprint density at radius 3 is 1.52 bits per heavy atom. The third-order valence-corrected chi connectivity index (χ3v) is 3.18. The number of hydrogen-bond donors (Lipinski definition) is 0. The van der Waals surface area contributed by atoms with Crippen molar-refractivity contribution in [3.05, 3.63) is 46.8 Å². The van der Waals surface area contributed by atoms with E-state index in [1.54, 1.807) is 6.92 Å². The molecule has 8 heteroatoms. The summed E-state index contributed by atoms with van der Waals surface area (Å²) in [6.07, 6.45) is 3.50. The summed E-state index contributed by atoms with van der Waals surface area (Å²) in [6.45, 7) is 1.56. The Bertz CT molecular complexity index is 708. The maximum absolute atomic E-state index is 11.4. The van der Waals surface area contributed by atoms with Gasteiger partial charge in [0.05, 0.1) is 28.4 Å². The average molecular weight is 350 g/mol. The van der Waals surface area contributed by atoms with Gasteiger partial charge in [-0.2, -0.15) is 0 Å². The number of carbonyl (C=O) groups excluding carboxylic acids is 4. The summed E-state index contributed by atoms with van der Waals surface area (Å²) >= 11 is 0. The predicted octanol–water partition coefficient (Wildman–Crippen LogP) is 0.788. The number of hydrogen-bond acceptors (Lipinski definition) is 8. The number of allylic oxidation sites excluding steroid dienone is 4. The first kappa shape index (κ1) is 19.9. The summed E-state index contributed by atoms with van der Waals surface area (Å²) in [5.74, 6) is -1.37. The van der Waals surface area contributed by atoms with Crippen molar-refractivity contribution in [2.75, 3.05) is 28.4 Å². The molecule has 8 nitrogen and oxygen atoms in total. The van der Waals surface area contributed by atoms with Crippen molar-refractivity contribution in [3.8, 4) is 0 Å². The molecular weight excluding hydrogens is 332 g/mol. The largest absolute Gasteiger partial charge is 0.492 e. The highest BCUT2D eigenvalue weighted by Crippen LogP contribution is 2.19. The quantitative estimate of drug-likeness (QED) is 0.685. The summed E-state index contributed by atoms with van der Waals surface area (Å²) in [5, 5.41) is 0. The standard InChI is InChI=1S/C9H10O4.C8H8O4/c1-5-4-6(10)8(12-2)9(13-3)7(5)11;1-11-6-3-5(9)4-7(12-2)8(6)10/h4H,1-3H3;3-4H,1-2H3. The normalized spacial score (nSPS) is 17.1. The molecule has 2 aliphatic carbocycles. The Balaban J connectivity index is 0.000000251. The minimum Gasteiger partial charge on any atom is -0.492 e. The molecule has 0 bridgehead atoms. The number of Topliss-reactive ketones (excluding diaryl/α,β-unsaturated/α-hetero) is 2. The maximum Gasteiger partial charge on any atom is 0.262 e. The number of ketones is 4. The molecule has 0 spiro atoms. The molecule has 0 unspecified atom stereocenters. The van der Waals surface area contributed by atoms with Crippen molar-refractivity contribution in [2.45, 2.75) is 6.92 Å². The maximum atomic E-state index is 11.4. The van der Waals surface area contributed by atoms with Gasteiger partial charge in [-0.1, -0.05) is 0 Å². The summed E-state index contributed by atoms with van der Waals surface area (Å²) < 4.78 is 18.9. The Hall–Kier alpha value is -3.16. The summed E-state index contributed by atoms with van der Waals surface area (Å²) in [6, 6.07) is 0. The van der Waals surface area contributed by atoms with Crippen LogP contribution in [0, 0.1) is 0 Å². The van der Waals surface area contributed by atoms with Crippen LogP contribution >= 0.6 is 0 Å². The van der Waals surface area contributed by atoms with Crippen LogP contribution in [-0.4, -0.2) is 51.6 Å². The van der Waals surface area contributed by atoms with Crippen LogP contribution in [0.1, 0.15) is 6.92 Å². The van der Waals surface area contributed by atoms with Crippen LogP contribution in [0.5, 0.6) is 0 Å². The molecule has 0 aromatic rings. The van der Waals surface area contributed by atoms with Gasteiger partial charge in [0.2, 0.25) is 23.1 Å². The highest BCUT2D eigenvalue weighted by atomic mass is 16.5. The second kappa shape index (κ2) is 8.62. The average Bonchev–Trinajstić information content (AvgIpc) is 2.59. The molecule has 0 saturated heterocycles. The molecule has 0 N–H and O–H groups in total. The van der Waals surface area contributed by atoms with E-state index in [2.05, 4.69) is 9.47 Å². The Morgan fingerprint density at radius 1 is 0.640 bits per heavy atom. The number of carbonyl (C=O) groups is 4. The highest BCUT2D eigenvalue weighted by molar-refractivity contribution is 6.20. The van der Waals surface area contributed by atoms with Crippen molar-refractivity contribution < 1.29 is 38.1 Å². The first-order chi connectivity index (χ1) is 11.8. The van der Waals surface area contributed by atoms with Gasteiger partial charge in [-0.05, 0) is 13.0 Å². The monoisotopic (exact) mass is 350 g/mol. The molecule has 0 aromatic carbocycles. The van der Waals surface area contributed by atoms with Gasteiger partial charge in [-0.25, -0.2) is 0 Å². The molecule has 0 heterocycles. The van der Waals surface area contributed by atoms with Gasteiger partial charge in [0.15, 0.2) is 17.3 Å². The topological polar surface area (TPSA) is 105 Å². The van der Waals surface area contributed by atoms with Gasteiger partial charge in [-0.15, -0.1) is 0 Å². The van der Waals surface area contributed by atoms with E-state index < -0.39 is 5.78 Å². The van der Waals surface area contributed by atoms with E-state index in [4.69, 9.17) is 9.47 Å². The third kappa shape index (κ3) is 4.43. The molecular formula is C17H18O8. The van der Waals surface area contributed by atoms with Gasteiger partial charge in [-0.3, -0.25) is 19.2 Å². The molecule has 2 aliphatic rings. The van der Waals surface area contributed by atoms with Gasteiger partial charge in [0, 0.05) is 17.7 Å². The van der Waals surface area contributed by atoms with Crippen LogP contribution in [0.4, 0.5) is 0 Å². The van der Waals surface area contributed by atoms with Crippen molar-refractivity contribution in [2.24, 2.45) is 0 Å². The number of methoxy groups -OCH3 is 4. The molecule has 0 atom stereocenters. The molecule has 25 heavy (non-hydrogen) atoms. The lowest BCUT2D eigenvalue weighted by Crippen LogP contribution is -2.20. The van der Waals surface area contributed by atoms with E-state index in [9.17, 15) is 19.2 Å². The molecule has 2 rings (SSSR count). The van der Waals surface area contributed by atoms with E-state index in [-0.39, 0.29) is 40.4 Å². The highest BCUT2D eigenvalue weighted by Gasteiger charge is 2.28. The van der Waals surface area contributed by atoms with Crippen molar-refractivity contribution >= 4 is 23.1 Å². The third-order valence-electron chi connectivity index (χ3n) is 3.18. The molecule has 0 aromatic heterocycles. The van der Waals surface area contributed by atoms with Crippen LogP contribution in [0.15, 0.2) is 46.8 Å². The van der Waals surface area contributed by atoms with Crippen molar-refractivity contribution in [1.82, 2.24) is 0 Å². The SMILES string of the molecule is COC1=C(OC)C(=O)C(C)=CC1=O.COC1=CC(=O)C=C(OC)C1=O. The summed E-state index contributed by atoms with van der Waals surface area (Å²) in [5.41, 5.74) is 0.364. The molecule has 134 valence electrons. The van der Waals surface area contributed by atoms with E-state index in [1.165, 1.54) is 34.5 Å². The van der Waals surface area contributed by atoms with E-state index in [0.29, 0.717) is 5.57 Å². The lowest BCUT2D eigenvalue weighted by Gasteiger charge is -2.14. The van der Waals surface area contributed by atoms with Crippen molar-refractivity contribution in [3.63, 3.8) is 0 Å². The van der Waals surface area contributed by atoms with Gasteiger partial charge < -0.3 is 18.9 Å². The van der Waals surface area contributed by atoms with Crippen LogP contribution in [-0.2, 0) is 38.1 Å². The van der Waals surface area contributed by atoms with Gasteiger partial charge in [0.25, 0.3) is 5.78 Å². The molecule has 0 fully saturated rings. The van der Waals surface area contributed by atoms with E-state index >= 15 is 0 Å². The Labute approximate surface area is 144 Å². The minimum absolute atomic E-state index is 0.0133. The zero-order valence-electron chi connectivity index (χ0n) is 14.5. The van der Waals surface area contributed by atoms with Crippen molar-refractivity contribution in [1.29, 1.82) is 0 Å². The second-order valence-corrected chi connectivity index (χ2v) is 4.74. The van der Waals surface area contributed by atoms with Crippen LogP contribution < -0.4 is 0 Å². The van der Waals surface area contributed by atoms with Gasteiger partial charge in [0.1, 0.15) is 0 Å². The smallest absolute Gasteiger partial charge is 0.262 e. The predicted molar refractivity (Wildman–Crippen MR) is 85.0 cm³/mol. The minimum atomic E-state index is -0.403. The summed E-state index contributed by atoms with van der Waals surface area (Å²) in [7, 11) is 5.32. The number of ether oxygens (including phenoxy) is 4. The van der Waals surface area contributed by atoms with Crippen LogP contribution in [0.25, 0.3) is 0 Å². The van der Waals surface area contributed by atoms with E-state index in [1.807, 2.05) is 0 Å². The zero-order valence-corrected chi connectivity index (χ0v) is 14.5. The molecule has 0 aliphatic heterocycles. The lowest BCUT2D eigenvalue weighted by molar-refractivity contribution is -0.120. The molecule has 0 radical (unpaired) electrons. The first-order valence-corrected chi connectivity index (χ1v) is 7.00. The van der Waals surface area contributed by atoms with Crippen LogP contribution in [0.3, 0.4) is 0 Å². The summed E-state index contributed by atoms with van der Waals surface area (Å²) in [4.78, 5) is 44.7. The first-order valence-electron chi connectivity index (χ1n) is 7.00. The lowest BCUT2D eigenvalue weighted by atomic mass is 10.0. The molecule has 0 amide bonds. The fourth-order valence-electron chi connectivity index (χ4n) is 1.96. The zero-order chi connectivity index (χ0) is 19.1.